The fraction of sp³-hybridized carbons (Fsp3) is 0.333. The molecular formula is C15H18N2O3. The largest absolute Gasteiger partial charge is 0.481 e. The summed E-state index contributed by atoms with van der Waals surface area (Å²) >= 11 is 0. The van der Waals surface area contributed by atoms with Gasteiger partial charge in [-0.15, -0.1) is 0 Å². The second-order valence-corrected chi connectivity index (χ2v) is 4.78. The molecule has 5 nitrogen and oxygen atoms in total. The van der Waals surface area contributed by atoms with Crippen molar-refractivity contribution in [1.29, 1.82) is 0 Å². The molecule has 0 spiro atoms. The Morgan fingerprint density at radius 2 is 2.00 bits per heavy atom. The number of hydrogen-bond acceptors (Lipinski definition) is 2. The van der Waals surface area contributed by atoms with E-state index in [1.54, 1.807) is 18.1 Å². The predicted octanol–water partition coefficient (Wildman–Crippen LogP) is 1.75. The number of carbonyl (C=O) groups excluding carboxylic acids is 1. The average Bonchev–Trinajstić information content (AvgIpc) is 2.75. The Labute approximate surface area is 117 Å². The topological polar surface area (TPSA) is 62.5 Å². The highest BCUT2D eigenvalue weighted by Gasteiger charge is 2.14. The molecule has 0 atom stereocenters. The van der Waals surface area contributed by atoms with Crippen LogP contribution in [0.1, 0.15) is 12.5 Å². The van der Waals surface area contributed by atoms with Gasteiger partial charge in [-0.1, -0.05) is 18.2 Å². The number of benzene rings is 1. The Morgan fingerprint density at radius 3 is 2.65 bits per heavy atom. The minimum absolute atomic E-state index is 0.00938. The highest BCUT2D eigenvalue weighted by Crippen LogP contribution is 2.22. The summed E-state index contributed by atoms with van der Waals surface area (Å²) in [7, 11) is 1.76. The SMILES string of the molecule is CCN(C)C(=O)Cn1cc(CC(=O)O)c2ccccc21. The molecule has 0 aliphatic heterocycles. The lowest BCUT2D eigenvalue weighted by molar-refractivity contribution is -0.136. The van der Waals surface area contributed by atoms with Gasteiger partial charge in [0, 0.05) is 30.7 Å². The summed E-state index contributed by atoms with van der Waals surface area (Å²) in [5, 5.41) is 9.85. The summed E-state index contributed by atoms with van der Waals surface area (Å²) in [6.07, 6.45) is 1.73. The number of amides is 1. The molecule has 1 N–H and O–H groups in total. The summed E-state index contributed by atoms with van der Waals surface area (Å²) in [5.74, 6) is -0.861. The third-order valence-corrected chi connectivity index (χ3v) is 3.42. The molecule has 1 aromatic heterocycles. The van der Waals surface area contributed by atoms with Crippen molar-refractivity contribution in [2.45, 2.75) is 19.9 Å². The number of para-hydroxylation sites is 1. The van der Waals surface area contributed by atoms with Gasteiger partial charge in [0.1, 0.15) is 6.54 Å². The van der Waals surface area contributed by atoms with Crippen LogP contribution >= 0.6 is 0 Å². The van der Waals surface area contributed by atoms with Crippen LogP contribution in [0.15, 0.2) is 30.5 Å². The van der Waals surface area contributed by atoms with E-state index in [-0.39, 0.29) is 18.9 Å². The van der Waals surface area contributed by atoms with E-state index in [0.29, 0.717) is 6.54 Å². The molecule has 106 valence electrons. The minimum atomic E-state index is -0.870. The monoisotopic (exact) mass is 274 g/mol. The maximum absolute atomic E-state index is 12.0. The Morgan fingerprint density at radius 1 is 1.30 bits per heavy atom. The molecule has 0 unspecified atom stereocenters. The van der Waals surface area contributed by atoms with Crippen molar-refractivity contribution >= 4 is 22.8 Å². The standard InChI is InChI=1S/C15H18N2O3/c1-3-16(2)14(18)10-17-9-11(8-15(19)20)12-6-4-5-7-13(12)17/h4-7,9H,3,8,10H2,1-2H3,(H,19,20). The number of fused-ring (bicyclic) bond motifs is 1. The Hall–Kier alpha value is -2.30. The minimum Gasteiger partial charge on any atom is -0.481 e. The molecule has 0 saturated heterocycles. The van der Waals surface area contributed by atoms with Gasteiger partial charge in [0.05, 0.1) is 6.42 Å². The van der Waals surface area contributed by atoms with Crippen molar-refractivity contribution in [3.05, 3.63) is 36.0 Å². The molecule has 0 bridgehead atoms. The van der Waals surface area contributed by atoms with Crippen LogP contribution < -0.4 is 0 Å². The first-order valence-electron chi connectivity index (χ1n) is 6.55. The lowest BCUT2D eigenvalue weighted by Gasteiger charge is -2.15. The zero-order chi connectivity index (χ0) is 14.7. The van der Waals surface area contributed by atoms with Crippen molar-refractivity contribution < 1.29 is 14.7 Å². The molecular weight excluding hydrogens is 256 g/mol. The van der Waals surface area contributed by atoms with Crippen molar-refractivity contribution in [1.82, 2.24) is 9.47 Å². The number of carboxylic acid groups (broad SMARTS) is 1. The number of aromatic nitrogens is 1. The van der Waals surface area contributed by atoms with Crippen molar-refractivity contribution in [3.63, 3.8) is 0 Å². The van der Waals surface area contributed by atoms with E-state index in [1.807, 2.05) is 35.8 Å². The number of likely N-dealkylation sites (N-methyl/N-ethyl adjacent to an activating group) is 1. The third kappa shape index (κ3) is 2.82. The van der Waals surface area contributed by atoms with Gasteiger partial charge in [-0.05, 0) is 18.6 Å². The second kappa shape index (κ2) is 5.77. The Kier molecular flexibility index (Phi) is 4.08. The first kappa shape index (κ1) is 14.1. The first-order chi connectivity index (χ1) is 9.52. The van der Waals surface area contributed by atoms with Crippen molar-refractivity contribution in [3.8, 4) is 0 Å². The van der Waals surface area contributed by atoms with E-state index >= 15 is 0 Å². The number of rotatable bonds is 5. The van der Waals surface area contributed by atoms with E-state index in [9.17, 15) is 9.59 Å². The molecule has 0 fully saturated rings. The van der Waals surface area contributed by atoms with E-state index in [0.717, 1.165) is 16.5 Å². The number of carbonyl (C=O) groups is 2. The highest BCUT2D eigenvalue weighted by atomic mass is 16.4. The molecule has 0 saturated carbocycles. The zero-order valence-corrected chi connectivity index (χ0v) is 11.7. The molecule has 1 amide bonds. The summed E-state index contributed by atoms with van der Waals surface area (Å²) in [6.45, 7) is 2.80. The van der Waals surface area contributed by atoms with E-state index in [4.69, 9.17) is 5.11 Å². The van der Waals surface area contributed by atoms with Gasteiger partial charge in [-0.2, -0.15) is 0 Å². The Bertz CT molecular complexity index is 646. The fourth-order valence-corrected chi connectivity index (χ4v) is 2.20. The molecule has 20 heavy (non-hydrogen) atoms. The molecule has 0 radical (unpaired) electrons. The van der Waals surface area contributed by atoms with Crippen LogP contribution in [0, 0.1) is 0 Å². The quantitative estimate of drug-likeness (QED) is 0.903. The van der Waals surface area contributed by atoms with Gasteiger partial charge in [0.25, 0.3) is 0 Å². The third-order valence-electron chi connectivity index (χ3n) is 3.42. The van der Waals surface area contributed by atoms with Gasteiger partial charge in [0.15, 0.2) is 0 Å². The zero-order valence-electron chi connectivity index (χ0n) is 11.7. The first-order valence-corrected chi connectivity index (χ1v) is 6.55. The number of aliphatic carboxylic acids is 1. The maximum Gasteiger partial charge on any atom is 0.307 e. The van der Waals surface area contributed by atoms with Gasteiger partial charge in [0.2, 0.25) is 5.91 Å². The molecule has 0 aliphatic carbocycles. The smallest absolute Gasteiger partial charge is 0.307 e. The lowest BCUT2D eigenvalue weighted by atomic mass is 10.1. The summed E-state index contributed by atoms with van der Waals surface area (Å²) in [5.41, 5.74) is 1.63. The van der Waals surface area contributed by atoms with E-state index in [1.165, 1.54) is 0 Å². The molecule has 1 heterocycles. The fourth-order valence-electron chi connectivity index (χ4n) is 2.20. The Balaban J connectivity index is 2.38. The molecule has 2 aromatic rings. The van der Waals surface area contributed by atoms with Crippen LogP contribution in [0.5, 0.6) is 0 Å². The lowest BCUT2D eigenvalue weighted by Crippen LogP contribution is -2.29. The summed E-state index contributed by atoms with van der Waals surface area (Å²) < 4.78 is 1.82. The van der Waals surface area contributed by atoms with Crippen LogP contribution in [0.4, 0.5) is 0 Å². The number of nitrogens with zero attached hydrogens (tertiary/aromatic N) is 2. The highest BCUT2D eigenvalue weighted by molar-refractivity contribution is 5.89. The normalized spacial score (nSPS) is 10.7. The average molecular weight is 274 g/mol. The second-order valence-electron chi connectivity index (χ2n) is 4.78. The molecule has 2 rings (SSSR count). The van der Waals surface area contributed by atoms with Crippen LogP contribution in [0.25, 0.3) is 10.9 Å². The molecule has 5 heteroatoms. The summed E-state index contributed by atoms with van der Waals surface area (Å²) in [6, 6.07) is 7.55. The van der Waals surface area contributed by atoms with Crippen molar-refractivity contribution in [2.24, 2.45) is 0 Å². The van der Waals surface area contributed by atoms with Gasteiger partial charge in [-0.25, -0.2) is 0 Å². The van der Waals surface area contributed by atoms with Crippen LogP contribution in [-0.2, 0) is 22.6 Å². The van der Waals surface area contributed by atoms with Gasteiger partial charge < -0.3 is 14.6 Å². The number of carboxylic acids is 1. The van der Waals surface area contributed by atoms with Crippen LogP contribution in [0.3, 0.4) is 0 Å². The van der Waals surface area contributed by atoms with Crippen LogP contribution in [-0.4, -0.2) is 40.0 Å². The van der Waals surface area contributed by atoms with Crippen molar-refractivity contribution in [2.75, 3.05) is 13.6 Å². The summed E-state index contributed by atoms with van der Waals surface area (Å²) in [4.78, 5) is 24.6. The molecule has 1 aromatic carbocycles. The number of hydrogen-bond donors (Lipinski definition) is 1. The van der Waals surface area contributed by atoms with Gasteiger partial charge >= 0.3 is 5.97 Å². The molecule has 0 aliphatic rings. The van der Waals surface area contributed by atoms with Crippen LogP contribution in [0.2, 0.25) is 0 Å². The predicted molar refractivity (Wildman–Crippen MR) is 76.6 cm³/mol. The van der Waals surface area contributed by atoms with E-state index in [2.05, 4.69) is 0 Å². The van der Waals surface area contributed by atoms with Gasteiger partial charge in [-0.3, -0.25) is 9.59 Å². The maximum atomic E-state index is 12.0. The van der Waals surface area contributed by atoms with E-state index < -0.39 is 5.97 Å².